The van der Waals surface area contributed by atoms with Crippen LogP contribution in [0.2, 0.25) is 0 Å². The van der Waals surface area contributed by atoms with Crippen LogP contribution < -0.4 is 4.72 Å². The number of nitrogens with zero attached hydrogens (tertiary/aromatic N) is 1. The van der Waals surface area contributed by atoms with Crippen LogP contribution in [0.25, 0.3) is 0 Å². The van der Waals surface area contributed by atoms with Crippen molar-refractivity contribution in [3.8, 4) is 0 Å². The number of aryl methyl sites for hydroxylation is 1. The summed E-state index contributed by atoms with van der Waals surface area (Å²) in [5.41, 5.74) is 0.673. The number of alkyl halides is 3. The molecule has 4 nitrogen and oxygen atoms in total. The standard InChI is InChI=1S/C14H15F3N2O2S/c1-10-6-7-12(19(10)2)9-18-22(20,21)13-5-3-4-11(8-13)14(15,16)17/h3-8,18H,9H2,1-2H3. The summed E-state index contributed by atoms with van der Waals surface area (Å²) in [6.07, 6.45) is -4.58. The van der Waals surface area contributed by atoms with Gasteiger partial charge in [-0.15, -0.1) is 0 Å². The SMILES string of the molecule is Cc1ccc(CNS(=O)(=O)c2cccc(C(F)(F)F)c2)n1C. The topological polar surface area (TPSA) is 51.1 Å². The molecule has 0 aliphatic carbocycles. The fourth-order valence-electron chi connectivity index (χ4n) is 1.94. The summed E-state index contributed by atoms with van der Waals surface area (Å²) in [6, 6.07) is 7.24. The molecular weight excluding hydrogens is 317 g/mol. The normalized spacial score (nSPS) is 12.6. The summed E-state index contributed by atoms with van der Waals surface area (Å²) in [5, 5.41) is 0. The van der Waals surface area contributed by atoms with Gasteiger partial charge in [0.1, 0.15) is 0 Å². The molecular formula is C14H15F3N2O2S. The molecule has 0 amide bonds. The Hall–Kier alpha value is -1.80. The van der Waals surface area contributed by atoms with Crippen LogP contribution in [0.4, 0.5) is 13.2 Å². The van der Waals surface area contributed by atoms with Gasteiger partial charge in [0.15, 0.2) is 0 Å². The minimum absolute atomic E-state index is 0.00290. The van der Waals surface area contributed by atoms with E-state index in [1.54, 1.807) is 17.7 Å². The molecule has 2 rings (SSSR count). The van der Waals surface area contributed by atoms with Crippen LogP contribution in [-0.2, 0) is 29.8 Å². The van der Waals surface area contributed by atoms with Gasteiger partial charge < -0.3 is 4.57 Å². The van der Waals surface area contributed by atoms with Crippen molar-refractivity contribution < 1.29 is 21.6 Å². The monoisotopic (exact) mass is 332 g/mol. The average molecular weight is 332 g/mol. The highest BCUT2D eigenvalue weighted by Crippen LogP contribution is 2.30. The Bertz CT molecular complexity index is 780. The van der Waals surface area contributed by atoms with Gasteiger partial charge in [-0.1, -0.05) is 6.07 Å². The summed E-state index contributed by atoms with van der Waals surface area (Å²) in [6.45, 7) is 1.87. The lowest BCUT2D eigenvalue weighted by Gasteiger charge is -2.11. The third kappa shape index (κ3) is 3.50. The zero-order chi connectivity index (χ0) is 16.5. The van der Waals surface area contributed by atoms with Gasteiger partial charge in [0, 0.05) is 18.4 Å². The number of benzene rings is 1. The van der Waals surface area contributed by atoms with Gasteiger partial charge in [0.2, 0.25) is 10.0 Å². The Balaban J connectivity index is 2.22. The molecule has 0 aliphatic rings. The van der Waals surface area contributed by atoms with Crippen molar-refractivity contribution in [2.45, 2.75) is 24.5 Å². The molecule has 1 N–H and O–H groups in total. The smallest absolute Gasteiger partial charge is 0.351 e. The number of rotatable bonds is 4. The molecule has 1 aromatic carbocycles. The first-order valence-corrected chi connectivity index (χ1v) is 7.88. The van der Waals surface area contributed by atoms with E-state index in [2.05, 4.69) is 4.72 Å². The third-order valence-corrected chi connectivity index (χ3v) is 4.79. The Kier molecular flexibility index (Phi) is 4.35. The molecule has 0 fully saturated rings. The number of halogens is 3. The van der Waals surface area contributed by atoms with Gasteiger partial charge >= 0.3 is 6.18 Å². The maximum Gasteiger partial charge on any atom is 0.416 e. The zero-order valence-electron chi connectivity index (χ0n) is 12.0. The molecule has 0 aliphatic heterocycles. The van der Waals surface area contributed by atoms with Gasteiger partial charge in [0.25, 0.3) is 0 Å². The lowest BCUT2D eigenvalue weighted by atomic mass is 10.2. The Morgan fingerprint density at radius 1 is 1.18 bits per heavy atom. The molecule has 0 radical (unpaired) electrons. The van der Waals surface area contributed by atoms with Gasteiger partial charge in [-0.25, -0.2) is 13.1 Å². The van der Waals surface area contributed by atoms with Crippen LogP contribution in [0.1, 0.15) is 17.0 Å². The van der Waals surface area contributed by atoms with Gasteiger partial charge in [-0.2, -0.15) is 13.2 Å². The summed E-state index contributed by atoms with van der Waals surface area (Å²) in [4.78, 5) is -0.409. The lowest BCUT2D eigenvalue weighted by molar-refractivity contribution is -0.137. The first-order chi connectivity index (χ1) is 10.1. The molecule has 1 aromatic heterocycles. The fraction of sp³-hybridized carbons (Fsp3) is 0.286. The summed E-state index contributed by atoms with van der Waals surface area (Å²) >= 11 is 0. The molecule has 0 unspecified atom stereocenters. The van der Waals surface area contributed by atoms with E-state index in [1.165, 1.54) is 0 Å². The quantitative estimate of drug-likeness (QED) is 0.936. The maximum atomic E-state index is 12.6. The van der Waals surface area contributed by atoms with Gasteiger partial charge in [-0.3, -0.25) is 0 Å². The van der Waals surface area contributed by atoms with Crippen molar-refractivity contribution in [3.05, 3.63) is 53.3 Å². The van der Waals surface area contributed by atoms with E-state index in [4.69, 9.17) is 0 Å². The molecule has 0 bridgehead atoms. The number of aromatic nitrogens is 1. The Morgan fingerprint density at radius 3 is 2.41 bits per heavy atom. The number of hydrogen-bond donors (Lipinski definition) is 1. The molecule has 0 spiro atoms. The van der Waals surface area contributed by atoms with Crippen LogP contribution in [0.3, 0.4) is 0 Å². The molecule has 120 valence electrons. The number of hydrogen-bond acceptors (Lipinski definition) is 2. The largest absolute Gasteiger partial charge is 0.416 e. The third-order valence-electron chi connectivity index (χ3n) is 3.39. The molecule has 0 saturated carbocycles. The highest BCUT2D eigenvalue weighted by atomic mass is 32.2. The van der Waals surface area contributed by atoms with Crippen molar-refractivity contribution >= 4 is 10.0 Å². The highest BCUT2D eigenvalue weighted by Gasteiger charge is 2.31. The van der Waals surface area contributed by atoms with E-state index in [-0.39, 0.29) is 6.54 Å². The first kappa shape index (κ1) is 16.6. The lowest BCUT2D eigenvalue weighted by Crippen LogP contribution is -2.24. The van der Waals surface area contributed by atoms with Crippen LogP contribution in [-0.4, -0.2) is 13.0 Å². The molecule has 2 aromatic rings. The highest BCUT2D eigenvalue weighted by molar-refractivity contribution is 7.89. The molecule has 0 atom stereocenters. The summed E-state index contributed by atoms with van der Waals surface area (Å²) < 4.78 is 66.3. The predicted octanol–water partition coefficient (Wildman–Crippen LogP) is 2.83. The van der Waals surface area contributed by atoms with Crippen molar-refractivity contribution in [3.63, 3.8) is 0 Å². The molecule has 1 heterocycles. The predicted molar refractivity (Wildman–Crippen MR) is 75.6 cm³/mol. The molecule has 22 heavy (non-hydrogen) atoms. The van der Waals surface area contributed by atoms with Crippen LogP contribution in [0, 0.1) is 6.92 Å². The Labute approximate surface area is 126 Å². The van der Waals surface area contributed by atoms with Crippen LogP contribution >= 0.6 is 0 Å². The second-order valence-electron chi connectivity index (χ2n) is 4.88. The maximum absolute atomic E-state index is 12.6. The minimum atomic E-state index is -4.58. The van der Waals surface area contributed by atoms with Crippen molar-refractivity contribution in [2.75, 3.05) is 0 Å². The fourth-order valence-corrected chi connectivity index (χ4v) is 2.98. The Morgan fingerprint density at radius 2 is 1.86 bits per heavy atom. The van der Waals surface area contributed by atoms with E-state index < -0.39 is 26.7 Å². The van der Waals surface area contributed by atoms with Gasteiger partial charge in [-0.05, 0) is 37.3 Å². The molecule has 8 heteroatoms. The van der Waals surface area contributed by atoms with E-state index in [0.29, 0.717) is 11.8 Å². The second-order valence-corrected chi connectivity index (χ2v) is 6.64. The summed E-state index contributed by atoms with van der Waals surface area (Å²) in [7, 11) is -2.23. The van der Waals surface area contributed by atoms with E-state index in [1.807, 2.05) is 13.0 Å². The van der Waals surface area contributed by atoms with E-state index in [0.717, 1.165) is 23.9 Å². The van der Waals surface area contributed by atoms with Crippen molar-refractivity contribution in [1.29, 1.82) is 0 Å². The average Bonchev–Trinajstić information content (AvgIpc) is 2.76. The van der Waals surface area contributed by atoms with Crippen molar-refractivity contribution in [2.24, 2.45) is 7.05 Å². The first-order valence-electron chi connectivity index (χ1n) is 6.39. The molecule has 0 saturated heterocycles. The van der Waals surface area contributed by atoms with Gasteiger partial charge in [0.05, 0.1) is 17.0 Å². The number of nitrogens with one attached hydrogen (secondary N) is 1. The van der Waals surface area contributed by atoms with Crippen LogP contribution in [0.5, 0.6) is 0 Å². The van der Waals surface area contributed by atoms with Crippen molar-refractivity contribution in [1.82, 2.24) is 9.29 Å². The van der Waals surface area contributed by atoms with E-state index in [9.17, 15) is 21.6 Å². The summed E-state index contributed by atoms with van der Waals surface area (Å²) in [5.74, 6) is 0. The van der Waals surface area contributed by atoms with E-state index >= 15 is 0 Å². The minimum Gasteiger partial charge on any atom is -0.351 e. The number of sulfonamides is 1. The second kappa shape index (κ2) is 5.77. The van der Waals surface area contributed by atoms with Crippen LogP contribution in [0.15, 0.2) is 41.3 Å². The zero-order valence-corrected chi connectivity index (χ0v) is 12.8.